The summed E-state index contributed by atoms with van der Waals surface area (Å²) in [5.41, 5.74) is 1.54. The van der Waals surface area contributed by atoms with Crippen LogP contribution >= 0.6 is 0 Å². The van der Waals surface area contributed by atoms with Gasteiger partial charge in [0, 0.05) is 5.56 Å². The maximum absolute atomic E-state index is 13.2. The highest BCUT2D eigenvalue weighted by atomic mass is 19.3. The lowest BCUT2D eigenvalue weighted by Gasteiger charge is -2.17. The summed E-state index contributed by atoms with van der Waals surface area (Å²) < 4.78 is 42.7. The van der Waals surface area contributed by atoms with Gasteiger partial charge in [0.1, 0.15) is 5.75 Å². The maximum atomic E-state index is 13.2. The third-order valence-corrected chi connectivity index (χ3v) is 3.37. The van der Waals surface area contributed by atoms with Gasteiger partial charge in [0.2, 0.25) is 0 Å². The van der Waals surface area contributed by atoms with Gasteiger partial charge in [-0.15, -0.1) is 0 Å². The number of aromatic carboxylic acids is 1. The van der Waals surface area contributed by atoms with Crippen LogP contribution in [-0.2, 0) is 6.42 Å². The lowest BCUT2D eigenvalue weighted by Crippen LogP contribution is -2.19. The molecule has 0 radical (unpaired) electrons. The van der Waals surface area contributed by atoms with Crippen molar-refractivity contribution in [3.63, 3.8) is 0 Å². The molecular weight excluding hydrogens is 309 g/mol. The minimum Gasteiger partial charge on any atom is -0.478 e. The summed E-state index contributed by atoms with van der Waals surface area (Å²) >= 11 is 0. The second-order valence-electron chi connectivity index (χ2n) is 4.79. The van der Waals surface area contributed by atoms with Crippen LogP contribution in [0.15, 0.2) is 42.5 Å². The van der Waals surface area contributed by atoms with Crippen molar-refractivity contribution in [1.29, 1.82) is 0 Å². The van der Waals surface area contributed by atoms with Crippen LogP contribution in [0.1, 0.15) is 22.8 Å². The summed E-state index contributed by atoms with van der Waals surface area (Å²) in [6.45, 7) is 1.78. The monoisotopic (exact) mass is 324 g/mol. The molecule has 0 bridgehead atoms. The first-order valence-corrected chi connectivity index (χ1v) is 6.99. The molecule has 0 fully saturated rings. The molecule has 0 aliphatic rings. The van der Waals surface area contributed by atoms with Crippen molar-refractivity contribution in [2.45, 2.75) is 26.1 Å². The van der Waals surface area contributed by atoms with Gasteiger partial charge in [-0.05, 0) is 29.7 Å². The highest BCUT2D eigenvalue weighted by molar-refractivity contribution is 5.92. The molecule has 2 aromatic carbocycles. The Morgan fingerprint density at radius 2 is 1.74 bits per heavy atom. The summed E-state index contributed by atoms with van der Waals surface area (Å²) in [4.78, 5) is 11.3. The lowest BCUT2D eigenvalue weighted by molar-refractivity contribution is -0.0666. The molecule has 0 spiro atoms. The van der Waals surface area contributed by atoms with Crippen molar-refractivity contribution in [2.75, 3.05) is 0 Å². The van der Waals surface area contributed by atoms with Crippen molar-refractivity contribution >= 4 is 5.97 Å². The first kappa shape index (κ1) is 16.9. The second kappa shape index (κ2) is 7.17. The van der Waals surface area contributed by atoms with E-state index in [-0.39, 0.29) is 11.3 Å². The lowest BCUT2D eigenvalue weighted by atomic mass is 9.93. The summed E-state index contributed by atoms with van der Waals surface area (Å²) in [7, 11) is 0. The first-order valence-electron chi connectivity index (χ1n) is 6.99. The Bertz CT molecular complexity index is 701. The van der Waals surface area contributed by atoms with Crippen LogP contribution in [-0.4, -0.2) is 23.9 Å². The predicted octanol–water partition coefficient (Wildman–Crippen LogP) is 4.55. The SMILES string of the molecule is CCc1c(C(=O)O)cccc1-c1ccccc1OC(F)C(F)F. The third-order valence-electron chi connectivity index (χ3n) is 3.37. The first-order chi connectivity index (χ1) is 11.0. The van der Waals surface area contributed by atoms with Crippen molar-refractivity contribution in [3.8, 4) is 16.9 Å². The molecule has 3 nitrogen and oxygen atoms in total. The van der Waals surface area contributed by atoms with E-state index in [0.29, 0.717) is 23.1 Å². The summed E-state index contributed by atoms with van der Waals surface area (Å²) in [6.07, 6.45) is -5.59. The van der Waals surface area contributed by atoms with Crippen molar-refractivity contribution < 1.29 is 27.8 Å². The average molecular weight is 324 g/mol. The number of hydrogen-bond donors (Lipinski definition) is 1. The molecule has 1 N–H and O–H groups in total. The van der Waals surface area contributed by atoms with Crippen LogP contribution in [0.4, 0.5) is 13.2 Å². The molecule has 23 heavy (non-hydrogen) atoms. The molecule has 0 heterocycles. The van der Waals surface area contributed by atoms with Crippen LogP contribution in [0.25, 0.3) is 11.1 Å². The molecule has 1 atom stereocenters. The normalized spacial score (nSPS) is 12.2. The van der Waals surface area contributed by atoms with E-state index in [1.165, 1.54) is 18.2 Å². The number of carboxylic acids is 1. The van der Waals surface area contributed by atoms with Crippen molar-refractivity contribution in [1.82, 2.24) is 0 Å². The fourth-order valence-electron chi connectivity index (χ4n) is 2.39. The van der Waals surface area contributed by atoms with Gasteiger partial charge in [-0.3, -0.25) is 0 Å². The van der Waals surface area contributed by atoms with Crippen LogP contribution in [0.2, 0.25) is 0 Å². The Morgan fingerprint density at radius 3 is 2.35 bits per heavy atom. The number of carboxylic acid groups (broad SMARTS) is 1. The van der Waals surface area contributed by atoms with Gasteiger partial charge in [0.15, 0.2) is 0 Å². The number of alkyl halides is 3. The number of benzene rings is 2. The molecule has 0 aliphatic carbocycles. The van der Waals surface area contributed by atoms with Crippen LogP contribution < -0.4 is 4.74 Å². The summed E-state index contributed by atoms with van der Waals surface area (Å²) in [5.74, 6) is -1.14. The number of hydrogen-bond acceptors (Lipinski definition) is 2. The van der Waals surface area contributed by atoms with E-state index < -0.39 is 18.8 Å². The largest absolute Gasteiger partial charge is 0.478 e. The van der Waals surface area contributed by atoms with Gasteiger partial charge in [-0.2, -0.15) is 4.39 Å². The molecule has 0 aliphatic heterocycles. The number of carbonyl (C=O) groups is 1. The van der Waals surface area contributed by atoms with Gasteiger partial charge in [-0.1, -0.05) is 37.3 Å². The molecule has 0 aromatic heterocycles. The number of para-hydroxylation sites is 1. The van der Waals surface area contributed by atoms with Gasteiger partial charge in [-0.25, -0.2) is 13.6 Å². The quantitative estimate of drug-likeness (QED) is 0.847. The Balaban J connectivity index is 2.55. The smallest absolute Gasteiger partial charge is 0.335 e. The zero-order valence-corrected chi connectivity index (χ0v) is 12.3. The van der Waals surface area contributed by atoms with Crippen LogP contribution in [0, 0.1) is 0 Å². The molecule has 0 saturated carbocycles. The van der Waals surface area contributed by atoms with Gasteiger partial charge >= 0.3 is 12.4 Å². The fraction of sp³-hybridized carbons (Fsp3) is 0.235. The van der Waals surface area contributed by atoms with Crippen LogP contribution in [0.5, 0.6) is 5.75 Å². The third kappa shape index (κ3) is 3.64. The van der Waals surface area contributed by atoms with E-state index in [1.54, 1.807) is 31.2 Å². The Hall–Kier alpha value is -2.50. The molecule has 2 rings (SSSR count). The maximum Gasteiger partial charge on any atom is 0.335 e. The van der Waals surface area contributed by atoms with E-state index in [9.17, 15) is 23.1 Å². The standard InChI is InChI=1S/C17H15F3O3/c1-2-10-11(7-5-8-13(10)17(21)22)12-6-3-4-9-14(12)23-16(20)15(18)19/h3-9,15-16H,2H2,1H3,(H,21,22). The van der Waals surface area contributed by atoms with E-state index in [1.807, 2.05) is 0 Å². The van der Waals surface area contributed by atoms with Crippen molar-refractivity contribution in [3.05, 3.63) is 53.6 Å². The zero-order chi connectivity index (χ0) is 17.0. The van der Waals surface area contributed by atoms with E-state index in [4.69, 9.17) is 4.74 Å². The van der Waals surface area contributed by atoms with E-state index in [0.717, 1.165) is 0 Å². The van der Waals surface area contributed by atoms with Crippen LogP contribution in [0.3, 0.4) is 0 Å². The highest BCUT2D eigenvalue weighted by Crippen LogP contribution is 2.35. The highest BCUT2D eigenvalue weighted by Gasteiger charge is 2.23. The molecule has 0 amide bonds. The Kier molecular flexibility index (Phi) is 5.26. The van der Waals surface area contributed by atoms with Gasteiger partial charge in [0.25, 0.3) is 6.36 Å². The molecular formula is C17H15F3O3. The van der Waals surface area contributed by atoms with E-state index >= 15 is 0 Å². The zero-order valence-electron chi connectivity index (χ0n) is 12.3. The summed E-state index contributed by atoms with van der Waals surface area (Å²) in [5, 5.41) is 9.27. The summed E-state index contributed by atoms with van der Waals surface area (Å²) in [6, 6.07) is 10.8. The second-order valence-corrected chi connectivity index (χ2v) is 4.79. The molecule has 2 aromatic rings. The minimum absolute atomic E-state index is 0.0578. The predicted molar refractivity (Wildman–Crippen MR) is 79.7 cm³/mol. The Morgan fingerprint density at radius 1 is 1.09 bits per heavy atom. The van der Waals surface area contributed by atoms with Gasteiger partial charge in [0.05, 0.1) is 5.56 Å². The molecule has 122 valence electrons. The molecule has 6 heteroatoms. The van der Waals surface area contributed by atoms with Crippen molar-refractivity contribution in [2.24, 2.45) is 0 Å². The average Bonchev–Trinajstić information content (AvgIpc) is 2.54. The minimum atomic E-state index is -3.26. The number of halogens is 3. The fourth-order valence-corrected chi connectivity index (χ4v) is 2.39. The number of rotatable bonds is 6. The molecule has 1 unspecified atom stereocenters. The molecule has 0 saturated heterocycles. The topological polar surface area (TPSA) is 46.5 Å². The number of ether oxygens (including phenoxy) is 1. The van der Waals surface area contributed by atoms with E-state index in [2.05, 4.69) is 0 Å². The Labute approximate surface area is 131 Å². The van der Waals surface area contributed by atoms with Gasteiger partial charge < -0.3 is 9.84 Å².